The summed E-state index contributed by atoms with van der Waals surface area (Å²) >= 11 is 3.21. The van der Waals surface area contributed by atoms with Gasteiger partial charge in [-0.15, -0.1) is 10.2 Å². The minimum Gasteiger partial charge on any atom is -0.352 e. The van der Waals surface area contributed by atoms with Gasteiger partial charge in [0.1, 0.15) is 17.5 Å². The summed E-state index contributed by atoms with van der Waals surface area (Å²) < 4.78 is 15.7. The van der Waals surface area contributed by atoms with E-state index in [9.17, 15) is 9.18 Å². The molecular weight excluding hydrogens is 363 g/mol. The molecule has 0 radical (unpaired) electrons. The zero-order valence-electron chi connectivity index (χ0n) is 12.7. The summed E-state index contributed by atoms with van der Waals surface area (Å²) in [5, 5.41) is 11.3. The Kier molecular flexibility index (Phi) is 5.05. The highest BCUT2D eigenvalue weighted by molar-refractivity contribution is 9.10. The van der Waals surface area contributed by atoms with Crippen molar-refractivity contribution in [2.75, 3.05) is 6.54 Å². The van der Waals surface area contributed by atoms with Crippen LogP contribution in [0.25, 0.3) is 0 Å². The Bertz CT molecular complexity index is 716. The van der Waals surface area contributed by atoms with Crippen LogP contribution in [0.3, 0.4) is 0 Å². The SMILES string of the molecule is O=C(NCCc1nnc2n1CCCCC2)c1ccc(F)cc1Br. The minimum atomic E-state index is -0.375. The van der Waals surface area contributed by atoms with Crippen molar-refractivity contribution in [2.24, 2.45) is 0 Å². The molecule has 1 aliphatic rings. The van der Waals surface area contributed by atoms with E-state index in [4.69, 9.17) is 0 Å². The smallest absolute Gasteiger partial charge is 0.252 e. The van der Waals surface area contributed by atoms with E-state index in [1.54, 1.807) is 0 Å². The predicted octanol–water partition coefficient (Wildman–Crippen LogP) is 2.88. The van der Waals surface area contributed by atoms with E-state index in [2.05, 4.69) is 36.0 Å². The lowest BCUT2D eigenvalue weighted by Crippen LogP contribution is -2.27. The molecule has 1 aliphatic heterocycles. The molecule has 23 heavy (non-hydrogen) atoms. The maximum absolute atomic E-state index is 13.1. The van der Waals surface area contributed by atoms with Crippen LogP contribution in [0.2, 0.25) is 0 Å². The third kappa shape index (κ3) is 3.77. The lowest BCUT2D eigenvalue weighted by atomic mass is 10.2. The number of nitrogens with one attached hydrogen (secondary N) is 1. The zero-order chi connectivity index (χ0) is 16.2. The maximum Gasteiger partial charge on any atom is 0.252 e. The predicted molar refractivity (Wildman–Crippen MR) is 87.7 cm³/mol. The van der Waals surface area contributed by atoms with Gasteiger partial charge >= 0.3 is 0 Å². The van der Waals surface area contributed by atoms with Gasteiger partial charge in [0, 0.05) is 30.4 Å². The molecule has 0 bridgehead atoms. The first kappa shape index (κ1) is 16.1. The summed E-state index contributed by atoms with van der Waals surface area (Å²) in [5.74, 6) is 1.36. The highest BCUT2D eigenvalue weighted by atomic mass is 79.9. The average molecular weight is 381 g/mol. The summed E-state index contributed by atoms with van der Waals surface area (Å²) in [6, 6.07) is 4.03. The van der Waals surface area contributed by atoms with E-state index in [0.717, 1.165) is 37.5 Å². The van der Waals surface area contributed by atoms with Crippen LogP contribution < -0.4 is 5.32 Å². The fourth-order valence-corrected chi connectivity index (χ4v) is 3.32. The van der Waals surface area contributed by atoms with Crippen molar-refractivity contribution in [3.8, 4) is 0 Å². The van der Waals surface area contributed by atoms with Crippen molar-refractivity contribution < 1.29 is 9.18 Å². The van der Waals surface area contributed by atoms with E-state index in [0.29, 0.717) is 23.0 Å². The number of nitrogens with zero attached hydrogens (tertiary/aromatic N) is 3. The number of hydrogen-bond donors (Lipinski definition) is 1. The Balaban J connectivity index is 1.59. The highest BCUT2D eigenvalue weighted by Gasteiger charge is 2.15. The molecule has 1 N–H and O–H groups in total. The van der Waals surface area contributed by atoms with E-state index < -0.39 is 0 Å². The first-order valence-corrected chi connectivity index (χ1v) is 8.58. The molecular formula is C16H18BrFN4O. The Hall–Kier alpha value is -1.76. The number of fused-ring (bicyclic) bond motifs is 1. The third-order valence-corrected chi connectivity index (χ3v) is 4.65. The molecule has 0 fully saturated rings. The molecule has 122 valence electrons. The van der Waals surface area contributed by atoms with Gasteiger partial charge in [-0.05, 0) is 47.0 Å². The normalized spacial score (nSPS) is 14.2. The number of aryl methyl sites for hydroxylation is 1. The van der Waals surface area contributed by atoms with E-state index in [1.807, 2.05) is 0 Å². The fourth-order valence-electron chi connectivity index (χ4n) is 2.79. The quantitative estimate of drug-likeness (QED) is 0.886. The monoisotopic (exact) mass is 380 g/mol. The Labute approximate surface area is 142 Å². The van der Waals surface area contributed by atoms with Gasteiger partial charge in [-0.1, -0.05) is 6.42 Å². The van der Waals surface area contributed by atoms with Gasteiger partial charge in [0.05, 0.1) is 5.56 Å². The lowest BCUT2D eigenvalue weighted by molar-refractivity contribution is 0.0953. The van der Waals surface area contributed by atoms with Gasteiger partial charge in [-0.3, -0.25) is 4.79 Å². The van der Waals surface area contributed by atoms with Crippen LogP contribution in [0.1, 0.15) is 41.3 Å². The van der Waals surface area contributed by atoms with E-state index >= 15 is 0 Å². The van der Waals surface area contributed by atoms with Crippen molar-refractivity contribution in [1.29, 1.82) is 0 Å². The second-order valence-corrected chi connectivity index (χ2v) is 6.48. The van der Waals surface area contributed by atoms with Gasteiger partial charge in [-0.25, -0.2) is 4.39 Å². The second-order valence-electron chi connectivity index (χ2n) is 5.62. The Morgan fingerprint density at radius 1 is 1.30 bits per heavy atom. The van der Waals surface area contributed by atoms with Crippen molar-refractivity contribution in [2.45, 2.75) is 38.6 Å². The molecule has 5 nitrogen and oxygen atoms in total. The topological polar surface area (TPSA) is 59.8 Å². The summed E-state index contributed by atoms with van der Waals surface area (Å²) in [6.45, 7) is 1.43. The van der Waals surface area contributed by atoms with Gasteiger partial charge in [0.15, 0.2) is 0 Å². The van der Waals surface area contributed by atoms with Crippen LogP contribution in [-0.2, 0) is 19.4 Å². The van der Waals surface area contributed by atoms with Crippen molar-refractivity contribution in [1.82, 2.24) is 20.1 Å². The Morgan fingerprint density at radius 3 is 3.00 bits per heavy atom. The molecule has 1 amide bonds. The van der Waals surface area contributed by atoms with Gasteiger partial charge < -0.3 is 9.88 Å². The van der Waals surface area contributed by atoms with Crippen LogP contribution in [0, 0.1) is 5.82 Å². The average Bonchev–Trinajstić information content (AvgIpc) is 2.75. The summed E-state index contributed by atoms with van der Waals surface area (Å²) in [7, 11) is 0. The molecule has 0 unspecified atom stereocenters. The molecule has 1 aromatic carbocycles. The molecule has 3 rings (SSSR count). The number of carbonyl (C=O) groups excluding carboxylic acids is 1. The molecule has 7 heteroatoms. The first-order chi connectivity index (χ1) is 11.1. The molecule has 0 aliphatic carbocycles. The van der Waals surface area contributed by atoms with Crippen LogP contribution in [0.15, 0.2) is 22.7 Å². The first-order valence-electron chi connectivity index (χ1n) is 7.79. The van der Waals surface area contributed by atoms with Gasteiger partial charge in [-0.2, -0.15) is 0 Å². The number of amides is 1. The van der Waals surface area contributed by atoms with Crippen LogP contribution in [0.4, 0.5) is 4.39 Å². The van der Waals surface area contributed by atoms with E-state index in [-0.39, 0.29) is 11.7 Å². The molecule has 2 heterocycles. The summed E-state index contributed by atoms with van der Waals surface area (Å²) in [4.78, 5) is 12.1. The molecule has 0 atom stereocenters. The number of carbonyl (C=O) groups is 1. The highest BCUT2D eigenvalue weighted by Crippen LogP contribution is 2.18. The van der Waals surface area contributed by atoms with Crippen molar-refractivity contribution >= 4 is 21.8 Å². The Morgan fingerprint density at radius 2 is 2.17 bits per heavy atom. The summed E-state index contributed by atoms with van der Waals surface area (Å²) in [5.41, 5.74) is 0.423. The number of benzene rings is 1. The minimum absolute atomic E-state index is 0.229. The van der Waals surface area contributed by atoms with Crippen LogP contribution in [0.5, 0.6) is 0 Å². The zero-order valence-corrected chi connectivity index (χ0v) is 14.3. The fraction of sp³-hybridized carbons (Fsp3) is 0.438. The molecule has 2 aromatic rings. The number of aromatic nitrogens is 3. The molecule has 0 spiro atoms. The molecule has 0 saturated heterocycles. The standard InChI is InChI=1S/C16H18BrFN4O/c17-13-10-11(18)5-6-12(13)16(23)19-8-7-15-21-20-14-4-2-1-3-9-22(14)15/h5-6,10H,1-4,7-9H2,(H,19,23). The van der Waals surface area contributed by atoms with Crippen molar-refractivity contribution in [3.05, 3.63) is 45.7 Å². The number of halogens is 2. The van der Waals surface area contributed by atoms with E-state index in [1.165, 1.54) is 24.6 Å². The number of hydrogen-bond acceptors (Lipinski definition) is 3. The second kappa shape index (κ2) is 7.21. The number of rotatable bonds is 4. The largest absolute Gasteiger partial charge is 0.352 e. The maximum atomic E-state index is 13.1. The summed E-state index contributed by atoms with van der Waals surface area (Å²) in [6.07, 6.45) is 5.14. The van der Waals surface area contributed by atoms with Crippen LogP contribution in [-0.4, -0.2) is 27.2 Å². The van der Waals surface area contributed by atoms with Gasteiger partial charge in [0.25, 0.3) is 5.91 Å². The molecule has 1 aromatic heterocycles. The van der Waals surface area contributed by atoms with Gasteiger partial charge in [0.2, 0.25) is 0 Å². The lowest BCUT2D eigenvalue weighted by Gasteiger charge is -2.09. The third-order valence-electron chi connectivity index (χ3n) is 4.00. The molecule has 0 saturated carbocycles. The van der Waals surface area contributed by atoms with Crippen LogP contribution >= 0.6 is 15.9 Å². The van der Waals surface area contributed by atoms with Crippen molar-refractivity contribution in [3.63, 3.8) is 0 Å².